The van der Waals surface area contributed by atoms with Gasteiger partial charge in [-0.25, -0.2) is 8.42 Å². The largest absolute Gasteiger partial charge is 0.336 e. The van der Waals surface area contributed by atoms with Crippen molar-refractivity contribution in [1.29, 1.82) is 0 Å². The highest BCUT2D eigenvalue weighted by atomic mass is 32.2. The number of rotatable bonds is 6. The van der Waals surface area contributed by atoms with Crippen molar-refractivity contribution in [2.75, 3.05) is 26.2 Å². The number of sulfonamides is 1. The van der Waals surface area contributed by atoms with Crippen LogP contribution in [0.4, 0.5) is 0 Å². The molecule has 0 unspecified atom stereocenters. The number of amides is 1. The highest BCUT2D eigenvalue weighted by molar-refractivity contribution is 7.89. The lowest BCUT2D eigenvalue weighted by molar-refractivity contribution is 0.0695. The second-order valence-electron chi connectivity index (χ2n) is 8.62. The van der Waals surface area contributed by atoms with E-state index in [1.807, 2.05) is 31.2 Å². The van der Waals surface area contributed by atoms with Crippen molar-refractivity contribution in [3.8, 4) is 0 Å². The smallest absolute Gasteiger partial charge is 0.263 e. The van der Waals surface area contributed by atoms with Crippen LogP contribution in [0.3, 0.4) is 0 Å². The van der Waals surface area contributed by atoms with Crippen LogP contribution in [0.15, 0.2) is 76.6 Å². The van der Waals surface area contributed by atoms with E-state index in [0.29, 0.717) is 12.1 Å². The number of nitrogens with zero attached hydrogens (tertiary/aromatic N) is 3. The Morgan fingerprint density at radius 1 is 0.914 bits per heavy atom. The van der Waals surface area contributed by atoms with Crippen molar-refractivity contribution in [2.24, 2.45) is 0 Å². The lowest BCUT2D eigenvalue weighted by Gasteiger charge is -2.34. The van der Waals surface area contributed by atoms with E-state index < -0.39 is 15.9 Å². The van der Waals surface area contributed by atoms with Gasteiger partial charge in [0.2, 0.25) is 10.0 Å². The summed E-state index contributed by atoms with van der Waals surface area (Å²) in [6, 6.07) is 17.0. The minimum absolute atomic E-state index is 0.0482. The van der Waals surface area contributed by atoms with Crippen LogP contribution in [-0.2, 0) is 16.6 Å². The summed E-state index contributed by atoms with van der Waals surface area (Å²) in [4.78, 5) is 39.3. The molecule has 1 aliphatic heterocycles. The maximum atomic E-state index is 13.1. The molecule has 0 N–H and O–H groups in total. The predicted molar refractivity (Wildman–Crippen MR) is 132 cm³/mol. The van der Waals surface area contributed by atoms with E-state index in [4.69, 9.17) is 0 Å². The summed E-state index contributed by atoms with van der Waals surface area (Å²) in [7, 11) is -3.81. The van der Waals surface area contributed by atoms with Gasteiger partial charge >= 0.3 is 0 Å². The van der Waals surface area contributed by atoms with Gasteiger partial charge in [0.05, 0.1) is 11.4 Å². The lowest BCUT2D eigenvalue weighted by Crippen LogP contribution is -2.51. The van der Waals surface area contributed by atoms with Gasteiger partial charge in [0, 0.05) is 37.9 Å². The summed E-state index contributed by atoms with van der Waals surface area (Å²) in [6.07, 6.45) is 1.65. The van der Waals surface area contributed by atoms with Crippen LogP contribution in [0, 0.1) is 6.92 Å². The SMILES string of the molecule is CC(=O)c1cccc(S(=O)(=O)N2CCN(C(=O)c3cccn(Cc4cccc(C)c4)c3=O)CC2)c1. The van der Waals surface area contributed by atoms with Crippen LogP contribution in [0.25, 0.3) is 0 Å². The normalized spacial score (nSPS) is 14.6. The first-order valence-corrected chi connectivity index (χ1v) is 12.8. The number of ketones is 1. The number of carbonyl (C=O) groups is 2. The summed E-state index contributed by atoms with van der Waals surface area (Å²) in [6.45, 7) is 4.24. The molecule has 4 rings (SSSR count). The molecule has 8 nitrogen and oxygen atoms in total. The standard InChI is InChI=1S/C26H27N3O5S/c1-19-6-3-7-21(16-19)18-28-11-5-10-24(26(28)32)25(31)27-12-14-29(15-13-27)35(33,34)23-9-4-8-22(17-23)20(2)30/h3-11,16-17H,12-15,18H2,1-2H3. The van der Waals surface area contributed by atoms with Crippen LogP contribution in [-0.4, -0.2) is 60.1 Å². The van der Waals surface area contributed by atoms with Crippen molar-refractivity contribution in [1.82, 2.24) is 13.8 Å². The molecule has 35 heavy (non-hydrogen) atoms. The maximum Gasteiger partial charge on any atom is 0.263 e. The maximum absolute atomic E-state index is 13.1. The number of aryl methyl sites for hydroxylation is 1. The van der Waals surface area contributed by atoms with Gasteiger partial charge in [-0.2, -0.15) is 4.31 Å². The molecule has 0 spiro atoms. The first-order valence-electron chi connectivity index (χ1n) is 11.3. The quantitative estimate of drug-likeness (QED) is 0.492. The van der Waals surface area contributed by atoms with Crippen molar-refractivity contribution >= 4 is 21.7 Å². The average molecular weight is 494 g/mol. The van der Waals surface area contributed by atoms with E-state index in [1.54, 1.807) is 24.4 Å². The summed E-state index contributed by atoms with van der Waals surface area (Å²) in [5, 5.41) is 0. The number of hydrogen-bond acceptors (Lipinski definition) is 5. The molecule has 0 saturated carbocycles. The summed E-state index contributed by atoms with van der Waals surface area (Å²) >= 11 is 0. The number of benzene rings is 2. The molecular formula is C26H27N3O5S. The van der Waals surface area contributed by atoms with E-state index in [0.717, 1.165) is 11.1 Å². The fraction of sp³-hybridized carbons (Fsp3) is 0.269. The second kappa shape index (κ2) is 9.97. The van der Waals surface area contributed by atoms with E-state index in [9.17, 15) is 22.8 Å². The Morgan fingerprint density at radius 2 is 1.63 bits per heavy atom. The molecule has 1 amide bonds. The third kappa shape index (κ3) is 5.26. The number of aromatic nitrogens is 1. The average Bonchev–Trinajstić information content (AvgIpc) is 2.85. The molecule has 0 bridgehead atoms. The van der Waals surface area contributed by atoms with Gasteiger partial charge < -0.3 is 9.47 Å². The Kier molecular flexibility index (Phi) is 7.00. The van der Waals surface area contributed by atoms with Crippen LogP contribution in [0.2, 0.25) is 0 Å². The van der Waals surface area contributed by atoms with Crippen LogP contribution in [0.1, 0.15) is 38.8 Å². The number of piperazine rings is 1. The van der Waals surface area contributed by atoms with Gasteiger partial charge in [0.25, 0.3) is 11.5 Å². The predicted octanol–water partition coefficient (Wildman–Crippen LogP) is 2.55. The zero-order chi connectivity index (χ0) is 25.2. The van der Waals surface area contributed by atoms with Crippen molar-refractivity contribution in [3.05, 3.63) is 99.5 Å². The molecule has 1 aromatic heterocycles. The summed E-state index contributed by atoms with van der Waals surface area (Å²) in [5.41, 5.74) is 2.06. The molecule has 182 valence electrons. The van der Waals surface area contributed by atoms with E-state index >= 15 is 0 Å². The van der Waals surface area contributed by atoms with E-state index in [1.165, 1.54) is 38.9 Å². The third-order valence-corrected chi connectivity index (χ3v) is 7.98. The first kappa shape index (κ1) is 24.6. The molecule has 9 heteroatoms. The van der Waals surface area contributed by atoms with Gasteiger partial charge in [0.1, 0.15) is 5.56 Å². The van der Waals surface area contributed by atoms with E-state index in [-0.39, 0.29) is 48.0 Å². The van der Waals surface area contributed by atoms with Gasteiger partial charge in [-0.15, -0.1) is 0 Å². The third-order valence-electron chi connectivity index (χ3n) is 6.09. The van der Waals surface area contributed by atoms with Crippen molar-refractivity contribution in [2.45, 2.75) is 25.3 Å². The highest BCUT2D eigenvalue weighted by Gasteiger charge is 2.31. The molecule has 0 atom stereocenters. The van der Waals surface area contributed by atoms with Gasteiger partial charge in [-0.1, -0.05) is 42.0 Å². The molecule has 0 radical (unpaired) electrons. The number of carbonyl (C=O) groups excluding carboxylic acids is 2. The Hall–Kier alpha value is -3.56. The Morgan fingerprint density at radius 3 is 2.31 bits per heavy atom. The summed E-state index contributed by atoms with van der Waals surface area (Å²) < 4.78 is 28.9. The fourth-order valence-electron chi connectivity index (χ4n) is 4.16. The minimum atomic E-state index is -3.81. The van der Waals surface area contributed by atoms with Crippen molar-refractivity contribution in [3.63, 3.8) is 0 Å². The highest BCUT2D eigenvalue weighted by Crippen LogP contribution is 2.20. The molecule has 2 aromatic carbocycles. The number of pyridine rings is 1. The van der Waals surface area contributed by atoms with Crippen LogP contribution in [0.5, 0.6) is 0 Å². The fourth-order valence-corrected chi connectivity index (χ4v) is 5.63. The lowest BCUT2D eigenvalue weighted by atomic mass is 10.1. The zero-order valence-corrected chi connectivity index (χ0v) is 20.5. The number of Topliss-reactive ketones (excluding diaryl/α,β-unsaturated/α-hetero) is 1. The molecule has 1 saturated heterocycles. The summed E-state index contributed by atoms with van der Waals surface area (Å²) in [5.74, 6) is -0.627. The molecule has 0 aliphatic carbocycles. The van der Waals surface area contributed by atoms with Crippen LogP contribution >= 0.6 is 0 Å². The minimum Gasteiger partial charge on any atom is -0.336 e. The molecule has 1 fully saturated rings. The first-order chi connectivity index (χ1) is 16.7. The molecule has 2 heterocycles. The van der Waals surface area contributed by atoms with Crippen molar-refractivity contribution < 1.29 is 18.0 Å². The Balaban J connectivity index is 1.47. The molecular weight excluding hydrogens is 466 g/mol. The Labute approximate surface area is 204 Å². The Bertz CT molecular complexity index is 1440. The zero-order valence-electron chi connectivity index (χ0n) is 19.7. The van der Waals surface area contributed by atoms with Gasteiger partial charge in [-0.05, 0) is 43.7 Å². The van der Waals surface area contributed by atoms with E-state index in [2.05, 4.69) is 0 Å². The molecule has 1 aliphatic rings. The second-order valence-corrected chi connectivity index (χ2v) is 10.6. The van der Waals surface area contributed by atoms with Gasteiger partial charge in [-0.3, -0.25) is 14.4 Å². The topological polar surface area (TPSA) is 96.8 Å². The number of hydrogen-bond donors (Lipinski definition) is 0. The van der Waals surface area contributed by atoms with Crippen LogP contribution < -0.4 is 5.56 Å². The van der Waals surface area contributed by atoms with Gasteiger partial charge in [0.15, 0.2) is 5.78 Å². The molecule has 3 aromatic rings. The monoisotopic (exact) mass is 493 g/mol.